The highest BCUT2D eigenvalue weighted by Gasteiger charge is 2.56. The van der Waals surface area contributed by atoms with Crippen molar-refractivity contribution in [3.8, 4) is 0 Å². The summed E-state index contributed by atoms with van der Waals surface area (Å²) in [6, 6.07) is 0. The molecule has 1 rings (SSSR count). The monoisotopic (exact) mass is 385 g/mol. The number of rotatable bonds is 4. The van der Waals surface area contributed by atoms with Crippen molar-refractivity contribution in [2.24, 2.45) is 11.0 Å². The van der Waals surface area contributed by atoms with E-state index in [0.717, 1.165) is 12.1 Å². The molecule has 0 radical (unpaired) electrons. The Bertz CT molecular complexity index is 653. The number of carbonyl (C=O) groups is 4. The Labute approximate surface area is 158 Å². The standard InChI is InChI=1S/C17H27N3O7/c1-8-26-13(22)12-9-17(14(23)25-7,18-11(3)21)20(19-10(12)2)15(24)27-16(4,5)6/h12H,8-9H2,1-7H3,(H,18,21)/t12-,17+/m0/s1. The fourth-order valence-electron chi connectivity index (χ4n) is 2.63. The summed E-state index contributed by atoms with van der Waals surface area (Å²) in [6.07, 6.45) is -1.27. The molecule has 0 fully saturated rings. The van der Waals surface area contributed by atoms with E-state index >= 15 is 0 Å². The van der Waals surface area contributed by atoms with E-state index in [1.165, 1.54) is 13.8 Å². The molecule has 1 aliphatic rings. The first-order chi connectivity index (χ1) is 12.4. The predicted octanol–water partition coefficient (Wildman–Crippen LogP) is 1.19. The molecular weight excluding hydrogens is 358 g/mol. The quantitative estimate of drug-likeness (QED) is 0.569. The van der Waals surface area contributed by atoms with Gasteiger partial charge in [-0.3, -0.25) is 9.59 Å². The molecule has 0 bridgehead atoms. The van der Waals surface area contributed by atoms with Crippen molar-refractivity contribution < 1.29 is 33.4 Å². The number of esters is 2. The first kappa shape index (κ1) is 22.4. The van der Waals surface area contributed by atoms with Crippen LogP contribution < -0.4 is 5.32 Å². The molecule has 27 heavy (non-hydrogen) atoms. The van der Waals surface area contributed by atoms with Gasteiger partial charge in [0.2, 0.25) is 11.6 Å². The molecule has 1 heterocycles. The van der Waals surface area contributed by atoms with E-state index in [4.69, 9.17) is 14.2 Å². The van der Waals surface area contributed by atoms with Crippen LogP contribution >= 0.6 is 0 Å². The molecule has 1 aliphatic heterocycles. The van der Waals surface area contributed by atoms with Gasteiger partial charge in [-0.05, 0) is 34.6 Å². The fourth-order valence-corrected chi connectivity index (χ4v) is 2.63. The second-order valence-electron chi connectivity index (χ2n) is 7.08. The maximum atomic E-state index is 12.7. The van der Waals surface area contributed by atoms with Gasteiger partial charge in [0.25, 0.3) is 0 Å². The summed E-state index contributed by atoms with van der Waals surface area (Å²) in [6.45, 7) is 9.39. The zero-order valence-corrected chi connectivity index (χ0v) is 16.7. The Balaban J connectivity index is 3.51. The van der Waals surface area contributed by atoms with Crippen molar-refractivity contribution in [2.45, 2.75) is 59.2 Å². The van der Waals surface area contributed by atoms with Crippen LogP contribution in [0.25, 0.3) is 0 Å². The molecule has 10 heteroatoms. The number of hydrogen-bond donors (Lipinski definition) is 1. The maximum Gasteiger partial charge on any atom is 0.433 e. The van der Waals surface area contributed by atoms with Crippen molar-refractivity contribution in [3.05, 3.63) is 0 Å². The summed E-state index contributed by atoms with van der Waals surface area (Å²) in [5.74, 6) is -3.16. The van der Waals surface area contributed by atoms with Crippen LogP contribution in [0, 0.1) is 5.92 Å². The number of hydrazone groups is 1. The van der Waals surface area contributed by atoms with Crippen molar-refractivity contribution in [3.63, 3.8) is 0 Å². The average molecular weight is 385 g/mol. The average Bonchev–Trinajstić information content (AvgIpc) is 2.53. The van der Waals surface area contributed by atoms with Gasteiger partial charge in [0, 0.05) is 13.3 Å². The Hall–Kier alpha value is -2.65. The topological polar surface area (TPSA) is 124 Å². The fraction of sp³-hybridized carbons (Fsp3) is 0.706. The van der Waals surface area contributed by atoms with E-state index in [1.807, 2.05) is 0 Å². The lowest BCUT2D eigenvalue weighted by Gasteiger charge is -2.43. The molecule has 0 saturated heterocycles. The zero-order valence-electron chi connectivity index (χ0n) is 16.7. The van der Waals surface area contributed by atoms with Crippen LogP contribution in [0.4, 0.5) is 4.79 Å². The van der Waals surface area contributed by atoms with Crippen LogP contribution in [0.15, 0.2) is 5.10 Å². The van der Waals surface area contributed by atoms with E-state index < -0.39 is 41.1 Å². The van der Waals surface area contributed by atoms with Crippen LogP contribution in [-0.2, 0) is 28.6 Å². The van der Waals surface area contributed by atoms with Crippen molar-refractivity contribution in [1.29, 1.82) is 0 Å². The second kappa shape index (κ2) is 8.36. The Kier molecular flexibility index (Phi) is 6.93. The number of nitrogens with zero attached hydrogens (tertiary/aromatic N) is 2. The molecule has 0 aromatic rings. The van der Waals surface area contributed by atoms with Gasteiger partial charge >= 0.3 is 18.0 Å². The van der Waals surface area contributed by atoms with Gasteiger partial charge in [0.15, 0.2) is 0 Å². The molecule has 0 spiro atoms. The van der Waals surface area contributed by atoms with Gasteiger partial charge in [-0.2, -0.15) is 10.1 Å². The molecule has 2 atom stereocenters. The van der Waals surface area contributed by atoms with Crippen LogP contribution in [0.1, 0.15) is 48.0 Å². The predicted molar refractivity (Wildman–Crippen MR) is 94.5 cm³/mol. The molecule has 0 aromatic heterocycles. The lowest BCUT2D eigenvalue weighted by Crippen LogP contribution is -2.69. The molecule has 10 nitrogen and oxygen atoms in total. The molecule has 0 aromatic carbocycles. The van der Waals surface area contributed by atoms with Crippen molar-refractivity contribution in [1.82, 2.24) is 10.3 Å². The summed E-state index contributed by atoms with van der Waals surface area (Å²) >= 11 is 0. The van der Waals surface area contributed by atoms with Crippen LogP contribution in [-0.4, -0.2) is 59.6 Å². The van der Waals surface area contributed by atoms with Gasteiger partial charge in [-0.25, -0.2) is 9.59 Å². The van der Waals surface area contributed by atoms with Gasteiger partial charge < -0.3 is 19.5 Å². The third-order valence-electron chi connectivity index (χ3n) is 3.67. The van der Waals surface area contributed by atoms with Crippen LogP contribution in [0.3, 0.4) is 0 Å². The molecule has 152 valence electrons. The van der Waals surface area contributed by atoms with E-state index in [1.54, 1.807) is 27.7 Å². The maximum absolute atomic E-state index is 12.7. The Morgan fingerprint density at radius 3 is 2.33 bits per heavy atom. The van der Waals surface area contributed by atoms with Crippen LogP contribution in [0.2, 0.25) is 0 Å². The first-order valence-corrected chi connectivity index (χ1v) is 8.50. The van der Waals surface area contributed by atoms with E-state index in [-0.39, 0.29) is 18.7 Å². The summed E-state index contributed by atoms with van der Waals surface area (Å²) in [5.41, 5.74) is -2.68. The number of nitrogens with one attached hydrogen (secondary N) is 1. The zero-order chi connectivity index (χ0) is 21.0. The Morgan fingerprint density at radius 1 is 1.30 bits per heavy atom. The first-order valence-electron chi connectivity index (χ1n) is 8.50. The van der Waals surface area contributed by atoms with E-state index in [0.29, 0.717) is 0 Å². The third kappa shape index (κ3) is 5.18. The lowest BCUT2D eigenvalue weighted by atomic mass is 9.88. The second-order valence-corrected chi connectivity index (χ2v) is 7.08. The number of amides is 2. The molecule has 0 unspecified atom stereocenters. The SMILES string of the molecule is CCOC(=O)[C@H]1C[C@](NC(C)=O)(C(=O)OC)N(C(=O)OC(C)(C)C)N=C1C. The molecule has 1 N–H and O–H groups in total. The highest BCUT2D eigenvalue weighted by Crippen LogP contribution is 2.32. The normalized spacial score (nSPS) is 22.4. The van der Waals surface area contributed by atoms with E-state index in [2.05, 4.69) is 10.4 Å². The summed E-state index contributed by atoms with van der Waals surface area (Å²) in [7, 11) is 1.10. The van der Waals surface area contributed by atoms with E-state index in [9.17, 15) is 19.2 Å². The minimum absolute atomic E-state index is 0.129. The summed E-state index contributed by atoms with van der Waals surface area (Å²) in [5, 5.41) is 7.21. The van der Waals surface area contributed by atoms with Gasteiger partial charge in [-0.15, -0.1) is 0 Å². The molecule has 0 saturated carbocycles. The smallest absolute Gasteiger partial charge is 0.433 e. The lowest BCUT2D eigenvalue weighted by molar-refractivity contribution is -0.164. The number of ether oxygens (including phenoxy) is 3. The highest BCUT2D eigenvalue weighted by atomic mass is 16.6. The number of hydrogen-bond acceptors (Lipinski definition) is 8. The highest BCUT2D eigenvalue weighted by molar-refractivity contribution is 6.04. The largest absolute Gasteiger partial charge is 0.466 e. The van der Waals surface area contributed by atoms with Crippen LogP contribution in [0.5, 0.6) is 0 Å². The van der Waals surface area contributed by atoms with Crippen molar-refractivity contribution in [2.75, 3.05) is 13.7 Å². The molecular formula is C17H27N3O7. The van der Waals surface area contributed by atoms with Gasteiger partial charge in [-0.1, -0.05) is 0 Å². The number of carbonyl (C=O) groups excluding carboxylic acids is 4. The summed E-state index contributed by atoms with van der Waals surface area (Å²) < 4.78 is 15.1. The Morgan fingerprint density at radius 2 is 1.89 bits per heavy atom. The summed E-state index contributed by atoms with van der Waals surface area (Å²) in [4.78, 5) is 49.4. The number of methoxy groups -OCH3 is 1. The molecule has 2 amide bonds. The van der Waals surface area contributed by atoms with Crippen molar-refractivity contribution >= 4 is 29.7 Å². The third-order valence-corrected chi connectivity index (χ3v) is 3.67. The van der Waals surface area contributed by atoms with Gasteiger partial charge in [0.05, 0.1) is 19.4 Å². The minimum atomic E-state index is -2.04. The molecule has 0 aliphatic carbocycles. The van der Waals surface area contributed by atoms with Gasteiger partial charge in [0.1, 0.15) is 11.5 Å². The minimum Gasteiger partial charge on any atom is -0.466 e.